The third-order valence-electron chi connectivity index (χ3n) is 3.30. The number of nitrogens with one attached hydrogen (secondary N) is 3. The van der Waals surface area contributed by atoms with Gasteiger partial charge in [0, 0.05) is 0 Å². The summed E-state index contributed by atoms with van der Waals surface area (Å²) in [5.41, 5.74) is 2.84. The van der Waals surface area contributed by atoms with Gasteiger partial charge in [0.05, 0.1) is 0 Å². The number of benzene rings is 1. The zero-order valence-electron chi connectivity index (χ0n) is 17.3. The Bertz CT molecular complexity index is 388. The van der Waals surface area contributed by atoms with Gasteiger partial charge in [-0.3, -0.25) is 0 Å². The van der Waals surface area contributed by atoms with E-state index in [0.29, 0.717) is 4.22 Å². The monoisotopic (exact) mass is 382 g/mol. The predicted molar refractivity (Wildman–Crippen MR) is 111 cm³/mol. The molecule has 0 fully saturated rings. The van der Waals surface area contributed by atoms with Gasteiger partial charge in [0.1, 0.15) is 0 Å². The zero-order chi connectivity index (χ0) is 19.3. The van der Waals surface area contributed by atoms with E-state index in [1.807, 2.05) is 0 Å². The molecule has 0 saturated carbocycles. The standard InChI is InChI=1S/C9H7.3C4H11N.Ti/c1-2-5-9-7-3-6-8(9)4-1;3*1-3-5-4-2;/h1-7H;3*5H,3-4H2,1-2H3;. The van der Waals surface area contributed by atoms with Gasteiger partial charge in [0.25, 0.3) is 0 Å². The second-order valence-electron chi connectivity index (χ2n) is 5.34. The van der Waals surface area contributed by atoms with E-state index in [4.69, 9.17) is 0 Å². The molecule has 1 aliphatic carbocycles. The molecule has 1 aromatic carbocycles. The molecule has 3 nitrogen and oxygen atoms in total. The quantitative estimate of drug-likeness (QED) is 0.647. The molecule has 3 N–H and O–H groups in total. The molecule has 0 amide bonds. The Hall–Kier alpha value is -0.446. The van der Waals surface area contributed by atoms with E-state index in [2.05, 4.69) is 114 Å². The fourth-order valence-electron chi connectivity index (χ4n) is 2.00. The van der Waals surface area contributed by atoms with Crippen LogP contribution in [-0.4, -0.2) is 39.3 Å². The SMILES string of the molecule is CCNCC.CCNCC.CCNCC.[Ti][CH]1C=Cc2ccccc21. The molecule has 2 rings (SSSR count). The third-order valence-corrected chi connectivity index (χ3v) is 4.09. The van der Waals surface area contributed by atoms with Crippen LogP contribution in [0.1, 0.15) is 56.9 Å². The molecule has 0 spiro atoms. The van der Waals surface area contributed by atoms with E-state index in [-0.39, 0.29) is 0 Å². The van der Waals surface area contributed by atoms with Crippen LogP contribution in [0.15, 0.2) is 30.3 Å². The van der Waals surface area contributed by atoms with Crippen molar-refractivity contribution < 1.29 is 20.4 Å². The summed E-state index contributed by atoms with van der Waals surface area (Å²) >= 11 is 2.22. The first-order valence-corrected chi connectivity index (χ1v) is 10.6. The minimum atomic E-state index is 0.621. The number of fused-ring (bicyclic) bond motifs is 1. The van der Waals surface area contributed by atoms with Crippen LogP contribution in [0.5, 0.6) is 0 Å². The number of rotatable bonds is 6. The molecule has 0 aliphatic heterocycles. The number of allylic oxidation sites excluding steroid dienone is 1. The van der Waals surface area contributed by atoms with Gasteiger partial charge < -0.3 is 16.0 Å². The Kier molecular flexibility index (Phi) is 23.1. The first kappa shape index (κ1) is 26.8. The van der Waals surface area contributed by atoms with Crippen LogP contribution in [0.25, 0.3) is 6.08 Å². The van der Waals surface area contributed by atoms with Crippen molar-refractivity contribution in [3.63, 3.8) is 0 Å². The summed E-state index contributed by atoms with van der Waals surface area (Å²) in [6, 6.07) is 8.54. The normalized spacial score (nSPS) is 13.4. The summed E-state index contributed by atoms with van der Waals surface area (Å²) in [5.74, 6) is 0. The van der Waals surface area contributed by atoms with Crippen molar-refractivity contribution in [1.82, 2.24) is 16.0 Å². The van der Waals surface area contributed by atoms with Crippen LogP contribution in [0.3, 0.4) is 0 Å². The number of hydrogen-bond donors (Lipinski definition) is 3. The van der Waals surface area contributed by atoms with E-state index in [1.54, 1.807) is 0 Å². The van der Waals surface area contributed by atoms with E-state index in [9.17, 15) is 0 Å². The number of hydrogen-bond acceptors (Lipinski definition) is 3. The summed E-state index contributed by atoms with van der Waals surface area (Å²) in [6.45, 7) is 19.2. The average Bonchev–Trinajstić information content (AvgIpc) is 3.00. The van der Waals surface area contributed by atoms with Crippen molar-refractivity contribution in [2.75, 3.05) is 39.3 Å². The van der Waals surface area contributed by atoms with Crippen molar-refractivity contribution >= 4 is 6.08 Å². The fraction of sp³-hybridized carbons (Fsp3) is 0.619. The van der Waals surface area contributed by atoms with Gasteiger partial charge in [0.2, 0.25) is 0 Å². The van der Waals surface area contributed by atoms with E-state index in [1.165, 1.54) is 11.1 Å². The van der Waals surface area contributed by atoms with Gasteiger partial charge in [-0.05, 0) is 39.3 Å². The van der Waals surface area contributed by atoms with Crippen LogP contribution in [0, 0.1) is 0 Å². The van der Waals surface area contributed by atoms with E-state index < -0.39 is 0 Å². The second-order valence-corrected chi connectivity index (χ2v) is 6.31. The molecule has 0 heterocycles. The first-order chi connectivity index (χ1) is 12.1. The summed E-state index contributed by atoms with van der Waals surface area (Å²) in [5, 5.41) is 9.33. The molecule has 1 aliphatic rings. The van der Waals surface area contributed by atoms with Crippen molar-refractivity contribution in [3.8, 4) is 0 Å². The molecule has 0 aromatic heterocycles. The van der Waals surface area contributed by atoms with Crippen molar-refractivity contribution in [2.24, 2.45) is 0 Å². The summed E-state index contributed by atoms with van der Waals surface area (Å²) < 4.78 is 0.621. The van der Waals surface area contributed by atoms with Crippen LogP contribution < -0.4 is 16.0 Å². The Morgan fingerprint density at radius 2 is 1.12 bits per heavy atom. The Morgan fingerprint density at radius 1 is 0.720 bits per heavy atom. The summed E-state index contributed by atoms with van der Waals surface area (Å²) in [6.07, 6.45) is 4.44. The molecule has 0 radical (unpaired) electrons. The molecule has 4 heteroatoms. The van der Waals surface area contributed by atoms with Crippen LogP contribution in [0.2, 0.25) is 0 Å². The Morgan fingerprint density at radius 3 is 1.44 bits per heavy atom. The first-order valence-electron chi connectivity index (χ1n) is 9.72. The Labute approximate surface area is 168 Å². The summed E-state index contributed by atoms with van der Waals surface area (Å²) in [7, 11) is 0. The van der Waals surface area contributed by atoms with Crippen LogP contribution in [0.4, 0.5) is 0 Å². The zero-order valence-corrected chi connectivity index (χ0v) is 18.8. The molecule has 0 saturated heterocycles. The van der Waals surface area contributed by atoms with Gasteiger partial charge in [-0.25, -0.2) is 0 Å². The molecule has 1 unspecified atom stereocenters. The molecule has 1 atom stereocenters. The minimum absolute atomic E-state index is 0.621. The Balaban J connectivity index is 0. The predicted octanol–water partition coefficient (Wildman–Crippen LogP) is 4.15. The topological polar surface area (TPSA) is 36.1 Å². The molecular weight excluding hydrogens is 342 g/mol. The molecular formula is C21H40N3Ti. The van der Waals surface area contributed by atoms with Crippen molar-refractivity contribution in [1.29, 1.82) is 0 Å². The van der Waals surface area contributed by atoms with Gasteiger partial charge in [0.15, 0.2) is 0 Å². The van der Waals surface area contributed by atoms with Crippen LogP contribution >= 0.6 is 0 Å². The van der Waals surface area contributed by atoms with Gasteiger partial charge >= 0.3 is 72.2 Å². The fourth-order valence-corrected chi connectivity index (χ4v) is 2.56. The second kappa shape index (κ2) is 21.6. The maximum atomic E-state index is 3.11. The van der Waals surface area contributed by atoms with Crippen molar-refractivity contribution in [2.45, 2.75) is 45.8 Å². The summed E-state index contributed by atoms with van der Waals surface area (Å²) in [4.78, 5) is 0. The molecule has 25 heavy (non-hydrogen) atoms. The third kappa shape index (κ3) is 16.8. The molecule has 143 valence electrons. The van der Waals surface area contributed by atoms with Gasteiger partial charge in [-0.2, -0.15) is 0 Å². The average molecular weight is 382 g/mol. The van der Waals surface area contributed by atoms with Crippen molar-refractivity contribution in [3.05, 3.63) is 41.5 Å². The molecule has 1 aromatic rings. The van der Waals surface area contributed by atoms with Gasteiger partial charge in [-0.15, -0.1) is 0 Å². The van der Waals surface area contributed by atoms with Crippen LogP contribution in [-0.2, 0) is 20.4 Å². The van der Waals surface area contributed by atoms with Gasteiger partial charge in [-0.1, -0.05) is 41.5 Å². The van der Waals surface area contributed by atoms with E-state index in [0.717, 1.165) is 39.3 Å². The molecule has 0 bridgehead atoms. The maximum absolute atomic E-state index is 3.11. The van der Waals surface area contributed by atoms with E-state index >= 15 is 0 Å².